The van der Waals surface area contributed by atoms with Gasteiger partial charge in [-0.05, 0) is 11.6 Å². The van der Waals surface area contributed by atoms with Crippen molar-refractivity contribution in [2.24, 2.45) is 0 Å². The highest BCUT2D eigenvalue weighted by Crippen LogP contribution is 2.27. The highest BCUT2D eigenvalue weighted by Gasteiger charge is 2.34. The summed E-state index contributed by atoms with van der Waals surface area (Å²) in [5, 5.41) is 7.66. The van der Waals surface area contributed by atoms with Crippen LogP contribution in [0, 0.1) is 0 Å². The first-order valence-corrected chi connectivity index (χ1v) is 11.2. The molecule has 3 aromatic rings. The predicted octanol–water partition coefficient (Wildman–Crippen LogP) is 2.59. The molecule has 1 fully saturated rings. The fourth-order valence-electron chi connectivity index (χ4n) is 4.08. The van der Waals surface area contributed by atoms with Crippen LogP contribution in [0.25, 0.3) is 10.8 Å². The molecule has 4 rings (SSSR count). The molecule has 12 heteroatoms. The molecule has 1 saturated heterocycles. The second-order valence-electron chi connectivity index (χ2n) is 8.36. The lowest BCUT2D eigenvalue weighted by molar-refractivity contribution is -0.145. The molecule has 0 unspecified atom stereocenters. The number of H-pyrrole nitrogens is 1. The molecule has 1 aliphatic heterocycles. The summed E-state index contributed by atoms with van der Waals surface area (Å²) >= 11 is 0. The van der Waals surface area contributed by atoms with Crippen LogP contribution in [0.5, 0.6) is 0 Å². The molecular formula is C23H25F3N6O3. The normalized spacial score (nSPS) is 15.4. The first kappa shape index (κ1) is 24.6. The zero-order chi connectivity index (χ0) is 25.0. The summed E-state index contributed by atoms with van der Waals surface area (Å²) in [6, 6.07) is 5.50. The van der Waals surface area contributed by atoms with Crippen molar-refractivity contribution < 1.29 is 22.7 Å². The Morgan fingerprint density at radius 3 is 2.51 bits per heavy atom. The Kier molecular flexibility index (Phi) is 7.29. The number of ether oxygens (including phenoxy) is 1. The predicted molar refractivity (Wildman–Crippen MR) is 122 cm³/mol. The fraction of sp³-hybridized carbons (Fsp3) is 0.435. The highest BCUT2D eigenvalue weighted by molar-refractivity contribution is 5.84. The summed E-state index contributed by atoms with van der Waals surface area (Å²) in [6.45, 7) is 4.50. The zero-order valence-corrected chi connectivity index (χ0v) is 19.1. The number of nitrogens with zero attached hydrogens (tertiary/aromatic N) is 5. The SMILES string of the molecule is C[C@H](COCCC(=O)N1CCN(c2cnc(C(F)(F)F)nc2)CC1)c1cccc2c(=O)[nH]ncc12. The van der Waals surface area contributed by atoms with Crippen LogP contribution in [0.15, 0.2) is 41.6 Å². The smallest absolute Gasteiger partial charge is 0.380 e. The molecule has 2 aromatic heterocycles. The maximum atomic E-state index is 12.6. The molecule has 0 aliphatic carbocycles. The maximum absolute atomic E-state index is 12.6. The van der Waals surface area contributed by atoms with Crippen molar-refractivity contribution in [3.8, 4) is 0 Å². The number of amides is 1. The van der Waals surface area contributed by atoms with E-state index in [1.165, 1.54) is 0 Å². The van der Waals surface area contributed by atoms with Crippen molar-refractivity contribution in [1.29, 1.82) is 0 Å². The number of fused-ring (bicyclic) bond motifs is 1. The van der Waals surface area contributed by atoms with Gasteiger partial charge in [0.2, 0.25) is 11.7 Å². The van der Waals surface area contributed by atoms with E-state index in [-0.39, 0.29) is 30.4 Å². The van der Waals surface area contributed by atoms with E-state index < -0.39 is 12.0 Å². The summed E-state index contributed by atoms with van der Waals surface area (Å²) in [5.74, 6) is -1.20. The van der Waals surface area contributed by atoms with Gasteiger partial charge in [0, 0.05) is 37.5 Å². The maximum Gasteiger partial charge on any atom is 0.451 e. The van der Waals surface area contributed by atoms with Crippen LogP contribution in [0.3, 0.4) is 0 Å². The molecule has 9 nitrogen and oxygen atoms in total. The molecule has 1 atom stereocenters. The van der Waals surface area contributed by atoms with Gasteiger partial charge in [-0.25, -0.2) is 15.1 Å². The third kappa shape index (κ3) is 5.76. The molecule has 35 heavy (non-hydrogen) atoms. The first-order chi connectivity index (χ1) is 16.7. The number of nitrogens with one attached hydrogen (secondary N) is 1. The van der Waals surface area contributed by atoms with Crippen molar-refractivity contribution >= 4 is 22.4 Å². The molecule has 0 bridgehead atoms. The topological polar surface area (TPSA) is 104 Å². The number of halogens is 3. The number of alkyl halides is 3. The number of carbonyl (C=O) groups is 1. The number of rotatable bonds is 7. The second kappa shape index (κ2) is 10.4. The molecule has 186 valence electrons. The van der Waals surface area contributed by atoms with Crippen molar-refractivity contribution in [2.75, 3.05) is 44.3 Å². The first-order valence-electron chi connectivity index (χ1n) is 11.2. The van der Waals surface area contributed by atoms with Crippen LogP contribution < -0.4 is 10.5 Å². The van der Waals surface area contributed by atoms with Gasteiger partial charge in [-0.2, -0.15) is 18.3 Å². The van der Waals surface area contributed by atoms with E-state index in [1.54, 1.807) is 17.2 Å². The molecule has 0 spiro atoms. The summed E-state index contributed by atoms with van der Waals surface area (Å²) in [4.78, 5) is 34.9. The van der Waals surface area contributed by atoms with Crippen LogP contribution >= 0.6 is 0 Å². The van der Waals surface area contributed by atoms with Gasteiger partial charge in [0.25, 0.3) is 5.56 Å². The van der Waals surface area contributed by atoms with E-state index in [1.807, 2.05) is 24.0 Å². The van der Waals surface area contributed by atoms with E-state index in [0.717, 1.165) is 23.3 Å². The van der Waals surface area contributed by atoms with E-state index in [9.17, 15) is 22.8 Å². The Morgan fingerprint density at radius 1 is 1.11 bits per heavy atom. The fourth-order valence-corrected chi connectivity index (χ4v) is 4.08. The van der Waals surface area contributed by atoms with Crippen molar-refractivity contribution in [1.82, 2.24) is 25.1 Å². The van der Waals surface area contributed by atoms with Crippen LogP contribution in [0.2, 0.25) is 0 Å². The van der Waals surface area contributed by atoms with Crippen molar-refractivity contribution in [3.63, 3.8) is 0 Å². The second-order valence-corrected chi connectivity index (χ2v) is 8.36. The van der Waals surface area contributed by atoms with Gasteiger partial charge in [0.1, 0.15) is 0 Å². The molecular weight excluding hydrogens is 465 g/mol. The van der Waals surface area contributed by atoms with Crippen LogP contribution in [0.1, 0.15) is 30.7 Å². The molecule has 3 heterocycles. The van der Waals surface area contributed by atoms with Gasteiger partial charge in [-0.3, -0.25) is 9.59 Å². The van der Waals surface area contributed by atoms with E-state index in [2.05, 4.69) is 20.2 Å². The van der Waals surface area contributed by atoms with Gasteiger partial charge in [0.05, 0.1) is 49.3 Å². The number of piperazine rings is 1. The van der Waals surface area contributed by atoms with E-state index in [4.69, 9.17) is 4.74 Å². The molecule has 0 saturated carbocycles. The lowest BCUT2D eigenvalue weighted by Gasteiger charge is -2.35. The van der Waals surface area contributed by atoms with E-state index >= 15 is 0 Å². The lowest BCUT2D eigenvalue weighted by atomic mass is 9.97. The number of aromatic amines is 1. The third-order valence-corrected chi connectivity index (χ3v) is 5.99. The van der Waals surface area contributed by atoms with Gasteiger partial charge < -0.3 is 14.5 Å². The largest absolute Gasteiger partial charge is 0.451 e. The number of benzene rings is 1. The minimum Gasteiger partial charge on any atom is -0.380 e. The van der Waals surface area contributed by atoms with Crippen LogP contribution in [0.4, 0.5) is 18.9 Å². The Morgan fingerprint density at radius 2 is 1.83 bits per heavy atom. The van der Waals surface area contributed by atoms with Crippen molar-refractivity contribution in [3.05, 3.63) is 58.5 Å². The number of aromatic nitrogens is 4. The Hall–Kier alpha value is -3.54. The average molecular weight is 490 g/mol. The van der Waals surface area contributed by atoms with Crippen molar-refractivity contribution in [2.45, 2.75) is 25.4 Å². The minimum atomic E-state index is -4.57. The molecule has 1 amide bonds. The third-order valence-electron chi connectivity index (χ3n) is 5.99. The summed E-state index contributed by atoms with van der Waals surface area (Å²) in [6.07, 6.45) is -0.404. The molecule has 1 aliphatic rings. The highest BCUT2D eigenvalue weighted by atomic mass is 19.4. The van der Waals surface area contributed by atoms with Gasteiger partial charge in [-0.15, -0.1) is 0 Å². The van der Waals surface area contributed by atoms with Gasteiger partial charge in [-0.1, -0.05) is 19.1 Å². The van der Waals surface area contributed by atoms with Gasteiger partial charge in [0.15, 0.2) is 0 Å². The van der Waals surface area contributed by atoms with Crippen LogP contribution in [-0.2, 0) is 15.7 Å². The Labute approximate surface area is 198 Å². The average Bonchev–Trinajstić information content (AvgIpc) is 2.86. The molecule has 1 N–H and O–H groups in total. The number of hydrogen-bond acceptors (Lipinski definition) is 7. The molecule has 0 radical (unpaired) electrons. The Balaban J connectivity index is 1.22. The quantitative estimate of drug-likeness (QED) is 0.508. The Bertz CT molecular complexity index is 1220. The molecule has 1 aromatic carbocycles. The number of anilines is 1. The summed E-state index contributed by atoms with van der Waals surface area (Å²) < 4.78 is 43.6. The van der Waals surface area contributed by atoms with E-state index in [0.29, 0.717) is 43.9 Å². The number of hydrogen-bond donors (Lipinski definition) is 1. The van der Waals surface area contributed by atoms with Gasteiger partial charge >= 0.3 is 6.18 Å². The summed E-state index contributed by atoms with van der Waals surface area (Å²) in [5.41, 5.74) is 1.21. The zero-order valence-electron chi connectivity index (χ0n) is 19.1. The summed E-state index contributed by atoms with van der Waals surface area (Å²) in [7, 11) is 0. The monoisotopic (exact) mass is 490 g/mol. The van der Waals surface area contributed by atoms with Crippen LogP contribution in [-0.4, -0.2) is 70.4 Å². The standard InChI is InChI=1S/C23H25F3N6O3/c1-15(17-3-2-4-18-19(17)13-29-30-21(18)34)14-35-10-5-20(33)32-8-6-31(7-9-32)16-11-27-22(28-12-16)23(24,25)26/h2-4,11-13,15H,5-10,14H2,1H3,(H,30,34)/t15-/m1/s1. The number of carbonyl (C=O) groups excluding carboxylic acids is 1. The lowest BCUT2D eigenvalue weighted by Crippen LogP contribution is -2.49. The minimum absolute atomic E-state index is 0.00639.